The summed E-state index contributed by atoms with van der Waals surface area (Å²) in [5, 5.41) is 3.16. The Morgan fingerprint density at radius 3 is 2.57 bits per heavy atom. The third-order valence-corrected chi connectivity index (χ3v) is 3.93. The second-order valence-electron chi connectivity index (χ2n) is 5.97. The van der Waals surface area contributed by atoms with E-state index in [-0.39, 0.29) is 25.2 Å². The Labute approximate surface area is 160 Å². The van der Waals surface area contributed by atoms with Crippen molar-refractivity contribution in [1.29, 1.82) is 0 Å². The maximum atomic E-state index is 12.1. The maximum absolute atomic E-state index is 12.1. The molecule has 1 amide bonds. The summed E-state index contributed by atoms with van der Waals surface area (Å²) in [5.41, 5.74) is 1.49. The van der Waals surface area contributed by atoms with Crippen LogP contribution in [0.5, 0.6) is 0 Å². The summed E-state index contributed by atoms with van der Waals surface area (Å²) in [7, 11) is 0. The number of anilines is 1. The quantitative estimate of drug-likeness (QED) is 0.517. The molecule has 1 N–H and O–H groups in total. The van der Waals surface area contributed by atoms with Crippen molar-refractivity contribution in [2.45, 2.75) is 20.0 Å². The summed E-state index contributed by atoms with van der Waals surface area (Å²) in [6.07, 6.45) is -0.455. The van der Waals surface area contributed by atoms with Crippen LogP contribution in [0.3, 0.4) is 0 Å². The molecule has 0 saturated carbocycles. The Kier molecular flexibility index (Phi) is 6.06. The number of hydrogen-bond donors (Lipinski definition) is 1. The molecule has 0 spiro atoms. The standard InChI is InChI=1S/C21H19NO6/c1-2-26-21(25)22-16-8-9-17-15(11-20(24)28-18(17)12-16)13-27-19(23)10-14-6-4-3-5-7-14/h3-9,11-12H,2,10,13H2,1H3,(H,22,25). The predicted molar refractivity (Wildman–Crippen MR) is 103 cm³/mol. The average molecular weight is 381 g/mol. The van der Waals surface area contributed by atoms with Crippen molar-refractivity contribution >= 4 is 28.7 Å². The number of benzene rings is 2. The summed E-state index contributed by atoms with van der Waals surface area (Å²) in [6.45, 7) is 1.88. The molecule has 0 aliphatic rings. The molecule has 1 heterocycles. The van der Waals surface area contributed by atoms with Crippen LogP contribution in [-0.4, -0.2) is 18.7 Å². The molecule has 0 radical (unpaired) electrons. The van der Waals surface area contributed by atoms with Gasteiger partial charge in [0.05, 0.1) is 13.0 Å². The smallest absolute Gasteiger partial charge is 0.411 e. The minimum atomic E-state index is -0.602. The highest BCUT2D eigenvalue weighted by Crippen LogP contribution is 2.22. The fourth-order valence-electron chi connectivity index (χ4n) is 2.68. The third kappa shape index (κ3) is 4.97. The molecule has 1 aromatic heterocycles. The summed E-state index contributed by atoms with van der Waals surface area (Å²) in [5.74, 6) is -0.395. The molecule has 0 aliphatic carbocycles. The Balaban J connectivity index is 1.74. The fourth-order valence-corrected chi connectivity index (χ4v) is 2.68. The van der Waals surface area contributed by atoms with E-state index in [4.69, 9.17) is 13.9 Å². The van der Waals surface area contributed by atoms with Gasteiger partial charge in [-0.2, -0.15) is 0 Å². The van der Waals surface area contributed by atoms with Crippen molar-refractivity contribution in [3.8, 4) is 0 Å². The van der Waals surface area contributed by atoms with E-state index in [9.17, 15) is 14.4 Å². The van der Waals surface area contributed by atoms with Crippen molar-refractivity contribution in [2.75, 3.05) is 11.9 Å². The first-order chi connectivity index (χ1) is 13.5. The van der Waals surface area contributed by atoms with Gasteiger partial charge in [-0.05, 0) is 24.6 Å². The zero-order valence-electron chi connectivity index (χ0n) is 15.3. The number of ether oxygens (including phenoxy) is 2. The normalized spacial score (nSPS) is 10.5. The lowest BCUT2D eigenvalue weighted by Crippen LogP contribution is -2.13. The molecule has 28 heavy (non-hydrogen) atoms. The second kappa shape index (κ2) is 8.85. The van der Waals surface area contributed by atoms with Crippen LogP contribution in [0.2, 0.25) is 0 Å². The van der Waals surface area contributed by atoms with Gasteiger partial charge in [-0.15, -0.1) is 0 Å². The number of nitrogens with one attached hydrogen (secondary N) is 1. The number of carbonyl (C=O) groups excluding carboxylic acids is 2. The number of carbonyl (C=O) groups is 2. The SMILES string of the molecule is CCOC(=O)Nc1ccc2c(COC(=O)Cc3ccccc3)cc(=O)oc2c1. The van der Waals surface area contributed by atoms with Gasteiger partial charge in [-0.25, -0.2) is 9.59 Å². The van der Waals surface area contributed by atoms with Gasteiger partial charge in [0.25, 0.3) is 0 Å². The van der Waals surface area contributed by atoms with Crippen molar-refractivity contribution in [2.24, 2.45) is 0 Å². The zero-order valence-corrected chi connectivity index (χ0v) is 15.3. The van der Waals surface area contributed by atoms with Crippen molar-refractivity contribution in [3.05, 3.63) is 76.1 Å². The summed E-state index contributed by atoms with van der Waals surface area (Å²) in [4.78, 5) is 35.4. The number of hydrogen-bond acceptors (Lipinski definition) is 6. The molecule has 0 atom stereocenters. The lowest BCUT2D eigenvalue weighted by atomic mass is 10.1. The highest BCUT2D eigenvalue weighted by molar-refractivity contribution is 5.90. The Bertz CT molecular complexity index is 1040. The summed E-state index contributed by atoms with van der Waals surface area (Å²) < 4.78 is 15.3. The number of rotatable bonds is 6. The van der Waals surface area contributed by atoms with Crippen LogP contribution in [0.1, 0.15) is 18.1 Å². The fraction of sp³-hybridized carbons (Fsp3) is 0.190. The second-order valence-corrected chi connectivity index (χ2v) is 5.97. The highest BCUT2D eigenvalue weighted by Gasteiger charge is 2.11. The van der Waals surface area contributed by atoms with Crippen molar-refractivity contribution in [1.82, 2.24) is 0 Å². The van der Waals surface area contributed by atoms with Gasteiger partial charge in [0, 0.05) is 28.8 Å². The van der Waals surface area contributed by atoms with E-state index in [1.165, 1.54) is 12.1 Å². The van der Waals surface area contributed by atoms with Gasteiger partial charge in [-0.1, -0.05) is 30.3 Å². The molecule has 0 fully saturated rings. The van der Waals surface area contributed by atoms with Crippen LogP contribution in [0.25, 0.3) is 11.0 Å². The zero-order chi connectivity index (χ0) is 19.9. The first-order valence-corrected chi connectivity index (χ1v) is 8.75. The van der Waals surface area contributed by atoms with Crippen LogP contribution in [-0.2, 0) is 27.3 Å². The molecular formula is C21H19NO6. The van der Waals surface area contributed by atoms with Gasteiger partial charge in [0.2, 0.25) is 0 Å². The third-order valence-electron chi connectivity index (χ3n) is 3.93. The van der Waals surface area contributed by atoms with E-state index in [0.29, 0.717) is 16.6 Å². The Morgan fingerprint density at radius 2 is 1.82 bits per heavy atom. The molecule has 2 aromatic carbocycles. The minimum Gasteiger partial charge on any atom is -0.461 e. The van der Waals surface area contributed by atoms with Gasteiger partial charge in [-0.3, -0.25) is 10.1 Å². The van der Waals surface area contributed by atoms with Gasteiger partial charge < -0.3 is 13.9 Å². The Hall–Kier alpha value is -3.61. The van der Waals surface area contributed by atoms with E-state index < -0.39 is 17.7 Å². The van der Waals surface area contributed by atoms with Crippen LogP contribution >= 0.6 is 0 Å². The maximum Gasteiger partial charge on any atom is 0.411 e. The lowest BCUT2D eigenvalue weighted by molar-refractivity contribution is -0.144. The molecular weight excluding hydrogens is 362 g/mol. The van der Waals surface area contributed by atoms with Crippen LogP contribution in [0.4, 0.5) is 10.5 Å². The van der Waals surface area contributed by atoms with E-state index in [2.05, 4.69) is 5.32 Å². The van der Waals surface area contributed by atoms with Crippen LogP contribution < -0.4 is 10.9 Å². The molecule has 3 rings (SSSR count). The van der Waals surface area contributed by atoms with Gasteiger partial charge in [0.1, 0.15) is 12.2 Å². The first kappa shape index (κ1) is 19.2. The van der Waals surface area contributed by atoms with Crippen molar-refractivity contribution in [3.63, 3.8) is 0 Å². The first-order valence-electron chi connectivity index (χ1n) is 8.75. The van der Waals surface area contributed by atoms with E-state index >= 15 is 0 Å². The molecule has 0 unspecified atom stereocenters. The number of fused-ring (bicyclic) bond motifs is 1. The minimum absolute atomic E-state index is 0.0571. The van der Waals surface area contributed by atoms with Gasteiger partial charge in [0.15, 0.2) is 0 Å². The molecule has 7 nitrogen and oxygen atoms in total. The number of esters is 1. The van der Waals surface area contributed by atoms with Crippen LogP contribution in [0, 0.1) is 0 Å². The summed E-state index contributed by atoms with van der Waals surface area (Å²) in [6, 6.07) is 15.4. The average Bonchev–Trinajstić information content (AvgIpc) is 2.66. The van der Waals surface area contributed by atoms with Crippen LogP contribution in [0.15, 0.2) is 63.8 Å². The molecule has 144 valence electrons. The molecule has 0 aliphatic heterocycles. The Morgan fingerprint density at radius 1 is 1.04 bits per heavy atom. The van der Waals surface area contributed by atoms with E-state index in [0.717, 1.165) is 5.56 Å². The molecule has 3 aromatic rings. The molecule has 0 saturated heterocycles. The van der Waals surface area contributed by atoms with E-state index in [1.54, 1.807) is 19.1 Å². The summed E-state index contributed by atoms with van der Waals surface area (Å²) >= 11 is 0. The largest absolute Gasteiger partial charge is 0.461 e. The topological polar surface area (TPSA) is 94.8 Å². The molecule has 7 heteroatoms. The van der Waals surface area contributed by atoms with E-state index in [1.807, 2.05) is 30.3 Å². The monoisotopic (exact) mass is 381 g/mol. The predicted octanol–water partition coefficient (Wildman–Crippen LogP) is 3.65. The highest BCUT2D eigenvalue weighted by atomic mass is 16.5. The number of amides is 1. The molecule has 0 bridgehead atoms. The van der Waals surface area contributed by atoms with Crippen molar-refractivity contribution < 1.29 is 23.5 Å². The van der Waals surface area contributed by atoms with Gasteiger partial charge >= 0.3 is 17.7 Å². The lowest BCUT2D eigenvalue weighted by Gasteiger charge is -2.09.